The van der Waals surface area contributed by atoms with E-state index >= 15 is 0 Å². The molecule has 3 aromatic heterocycles. The third-order valence-corrected chi connectivity index (χ3v) is 3.36. The fourth-order valence-corrected chi connectivity index (χ4v) is 2.41. The van der Waals surface area contributed by atoms with Gasteiger partial charge in [0, 0.05) is 35.1 Å². The van der Waals surface area contributed by atoms with Gasteiger partial charge in [-0.15, -0.1) is 0 Å². The molecule has 0 saturated carbocycles. The normalized spacial score (nSPS) is 11.4. The minimum absolute atomic E-state index is 0.290. The summed E-state index contributed by atoms with van der Waals surface area (Å²) in [5.74, 6) is 0.290. The standard InChI is InChI=1S/C15H17N5/c1-9(2)20-8-12(13-4-5-17-15(16)19-13)11-6-10(3)18-7-14(11)20/h4-9H,1-3H3,(H2,16,17,19). The lowest BCUT2D eigenvalue weighted by atomic mass is 10.1. The van der Waals surface area contributed by atoms with Crippen LogP contribution in [-0.4, -0.2) is 19.5 Å². The molecule has 0 atom stereocenters. The van der Waals surface area contributed by atoms with Crippen LogP contribution >= 0.6 is 0 Å². The summed E-state index contributed by atoms with van der Waals surface area (Å²) in [6.07, 6.45) is 5.71. The fourth-order valence-electron chi connectivity index (χ4n) is 2.41. The molecule has 0 bridgehead atoms. The Kier molecular flexibility index (Phi) is 2.89. The maximum Gasteiger partial charge on any atom is 0.220 e. The predicted molar refractivity (Wildman–Crippen MR) is 80.3 cm³/mol. The van der Waals surface area contributed by atoms with E-state index < -0.39 is 0 Å². The number of hydrogen-bond acceptors (Lipinski definition) is 4. The summed E-state index contributed by atoms with van der Waals surface area (Å²) in [4.78, 5) is 12.7. The SMILES string of the molecule is Cc1cc2c(-c3ccnc(N)n3)cn(C(C)C)c2cn1. The van der Waals surface area contributed by atoms with Crippen molar-refractivity contribution >= 4 is 16.9 Å². The Bertz CT molecular complexity index is 773. The molecule has 0 aromatic carbocycles. The molecule has 0 unspecified atom stereocenters. The van der Waals surface area contributed by atoms with E-state index in [1.807, 2.05) is 19.2 Å². The van der Waals surface area contributed by atoms with Crippen LogP contribution in [0.5, 0.6) is 0 Å². The average Bonchev–Trinajstić information content (AvgIpc) is 2.77. The number of pyridine rings is 1. The number of aryl methyl sites for hydroxylation is 1. The largest absolute Gasteiger partial charge is 0.368 e. The number of nitrogen functional groups attached to an aromatic ring is 1. The Hall–Kier alpha value is -2.43. The molecular weight excluding hydrogens is 250 g/mol. The monoisotopic (exact) mass is 267 g/mol. The van der Waals surface area contributed by atoms with Gasteiger partial charge in [0.25, 0.3) is 0 Å². The zero-order valence-electron chi connectivity index (χ0n) is 11.8. The third-order valence-electron chi connectivity index (χ3n) is 3.36. The van der Waals surface area contributed by atoms with Crippen LogP contribution in [0.2, 0.25) is 0 Å². The molecule has 102 valence electrons. The van der Waals surface area contributed by atoms with E-state index in [1.165, 1.54) is 0 Å². The molecule has 3 heterocycles. The maximum absolute atomic E-state index is 5.70. The van der Waals surface area contributed by atoms with Crippen LogP contribution in [0.4, 0.5) is 5.95 Å². The molecule has 5 heteroatoms. The van der Waals surface area contributed by atoms with Crippen molar-refractivity contribution in [3.8, 4) is 11.3 Å². The van der Waals surface area contributed by atoms with Crippen LogP contribution in [0.25, 0.3) is 22.2 Å². The van der Waals surface area contributed by atoms with Crippen molar-refractivity contribution in [3.05, 3.63) is 36.4 Å². The second kappa shape index (κ2) is 4.59. The Morgan fingerprint density at radius 3 is 2.75 bits per heavy atom. The van der Waals surface area contributed by atoms with Crippen molar-refractivity contribution in [2.45, 2.75) is 26.8 Å². The molecule has 0 amide bonds. The quantitative estimate of drug-likeness (QED) is 0.775. The molecule has 0 aliphatic heterocycles. The highest BCUT2D eigenvalue weighted by Gasteiger charge is 2.14. The summed E-state index contributed by atoms with van der Waals surface area (Å²) in [6.45, 7) is 6.29. The van der Waals surface area contributed by atoms with Crippen LogP contribution in [0, 0.1) is 6.92 Å². The number of hydrogen-bond donors (Lipinski definition) is 1. The van der Waals surface area contributed by atoms with E-state index in [0.717, 1.165) is 27.9 Å². The summed E-state index contributed by atoms with van der Waals surface area (Å²) < 4.78 is 2.20. The molecule has 0 aliphatic carbocycles. The van der Waals surface area contributed by atoms with Crippen LogP contribution in [0.3, 0.4) is 0 Å². The number of nitrogens with zero attached hydrogens (tertiary/aromatic N) is 4. The van der Waals surface area contributed by atoms with Gasteiger partial charge < -0.3 is 10.3 Å². The van der Waals surface area contributed by atoms with E-state index in [-0.39, 0.29) is 0 Å². The summed E-state index contributed by atoms with van der Waals surface area (Å²) in [7, 11) is 0. The van der Waals surface area contributed by atoms with Gasteiger partial charge in [-0.1, -0.05) is 0 Å². The first-order valence-electron chi connectivity index (χ1n) is 6.62. The first-order chi connectivity index (χ1) is 9.56. The Morgan fingerprint density at radius 1 is 1.25 bits per heavy atom. The van der Waals surface area contributed by atoms with Crippen molar-refractivity contribution in [2.24, 2.45) is 0 Å². The smallest absolute Gasteiger partial charge is 0.220 e. The molecule has 5 nitrogen and oxygen atoms in total. The van der Waals surface area contributed by atoms with Crippen molar-refractivity contribution in [1.29, 1.82) is 0 Å². The molecular formula is C15H17N5. The van der Waals surface area contributed by atoms with Gasteiger partial charge in [-0.3, -0.25) is 4.98 Å². The summed E-state index contributed by atoms with van der Waals surface area (Å²) in [6, 6.07) is 4.32. The number of rotatable bonds is 2. The molecule has 0 saturated heterocycles. The van der Waals surface area contributed by atoms with Gasteiger partial charge in [-0.25, -0.2) is 9.97 Å². The first kappa shape index (κ1) is 12.6. The molecule has 0 fully saturated rings. The van der Waals surface area contributed by atoms with Gasteiger partial charge in [-0.2, -0.15) is 0 Å². The zero-order chi connectivity index (χ0) is 14.3. The third kappa shape index (κ3) is 2.01. The van der Waals surface area contributed by atoms with Gasteiger partial charge in [0.15, 0.2) is 0 Å². The van der Waals surface area contributed by atoms with E-state index in [2.05, 4.69) is 45.6 Å². The van der Waals surface area contributed by atoms with E-state index in [4.69, 9.17) is 5.73 Å². The Labute approximate surface area is 117 Å². The van der Waals surface area contributed by atoms with E-state index in [9.17, 15) is 0 Å². The second-order valence-corrected chi connectivity index (χ2v) is 5.19. The highest BCUT2D eigenvalue weighted by molar-refractivity contribution is 5.95. The topological polar surface area (TPSA) is 69.6 Å². The minimum atomic E-state index is 0.290. The second-order valence-electron chi connectivity index (χ2n) is 5.19. The summed E-state index contributed by atoms with van der Waals surface area (Å²) in [5.41, 5.74) is 9.70. The van der Waals surface area contributed by atoms with Crippen molar-refractivity contribution in [1.82, 2.24) is 19.5 Å². The van der Waals surface area contributed by atoms with Crippen LogP contribution in [-0.2, 0) is 0 Å². The van der Waals surface area contributed by atoms with Crippen molar-refractivity contribution < 1.29 is 0 Å². The van der Waals surface area contributed by atoms with Crippen molar-refractivity contribution in [2.75, 3.05) is 5.73 Å². The van der Waals surface area contributed by atoms with Gasteiger partial charge >= 0.3 is 0 Å². The van der Waals surface area contributed by atoms with Gasteiger partial charge in [-0.05, 0) is 32.9 Å². The number of anilines is 1. The molecule has 0 radical (unpaired) electrons. The lowest BCUT2D eigenvalue weighted by Gasteiger charge is -2.08. The summed E-state index contributed by atoms with van der Waals surface area (Å²) >= 11 is 0. The summed E-state index contributed by atoms with van der Waals surface area (Å²) in [5, 5.41) is 1.14. The lowest BCUT2D eigenvalue weighted by Crippen LogP contribution is -1.98. The van der Waals surface area contributed by atoms with E-state index in [1.54, 1.807) is 6.20 Å². The van der Waals surface area contributed by atoms with Crippen LogP contribution < -0.4 is 5.73 Å². The zero-order valence-corrected chi connectivity index (χ0v) is 11.8. The highest BCUT2D eigenvalue weighted by Crippen LogP contribution is 2.31. The molecule has 3 rings (SSSR count). The first-order valence-corrected chi connectivity index (χ1v) is 6.62. The number of fused-ring (bicyclic) bond motifs is 1. The maximum atomic E-state index is 5.70. The van der Waals surface area contributed by atoms with Crippen LogP contribution in [0.1, 0.15) is 25.6 Å². The molecule has 2 N–H and O–H groups in total. The number of nitrogens with two attached hydrogens (primary N) is 1. The van der Waals surface area contributed by atoms with Crippen molar-refractivity contribution in [3.63, 3.8) is 0 Å². The minimum Gasteiger partial charge on any atom is -0.368 e. The van der Waals surface area contributed by atoms with Gasteiger partial charge in [0.05, 0.1) is 17.4 Å². The van der Waals surface area contributed by atoms with Crippen LogP contribution in [0.15, 0.2) is 30.7 Å². The Morgan fingerprint density at radius 2 is 2.05 bits per heavy atom. The molecule has 20 heavy (non-hydrogen) atoms. The average molecular weight is 267 g/mol. The molecule has 3 aromatic rings. The highest BCUT2D eigenvalue weighted by atomic mass is 15.0. The Balaban J connectivity index is 2.32. The molecule has 0 aliphatic rings. The van der Waals surface area contributed by atoms with E-state index in [0.29, 0.717) is 12.0 Å². The van der Waals surface area contributed by atoms with Gasteiger partial charge in [0.1, 0.15) is 0 Å². The molecule has 0 spiro atoms. The fraction of sp³-hybridized carbons (Fsp3) is 0.267. The predicted octanol–water partition coefficient (Wildman–Crippen LogP) is 2.96. The number of aromatic nitrogens is 4. The lowest BCUT2D eigenvalue weighted by molar-refractivity contribution is 0.622. The van der Waals surface area contributed by atoms with Gasteiger partial charge in [0.2, 0.25) is 5.95 Å².